The predicted molar refractivity (Wildman–Crippen MR) is 100 cm³/mol. The second kappa shape index (κ2) is 7.53. The summed E-state index contributed by atoms with van der Waals surface area (Å²) in [6, 6.07) is 17.8. The molecule has 2 aromatic carbocycles. The van der Waals surface area contributed by atoms with E-state index in [4.69, 9.17) is 0 Å². The Hall–Kier alpha value is -2.60. The Morgan fingerprint density at radius 2 is 1.76 bits per heavy atom. The van der Waals surface area contributed by atoms with E-state index in [0.717, 1.165) is 11.1 Å². The molecule has 5 nitrogen and oxygen atoms in total. The Kier molecular flexibility index (Phi) is 5.19. The third kappa shape index (κ3) is 4.09. The molecule has 0 radical (unpaired) electrons. The first-order valence-electron chi connectivity index (χ1n) is 7.97. The molecule has 0 aliphatic heterocycles. The zero-order chi connectivity index (χ0) is 17.8. The first kappa shape index (κ1) is 17.2. The van der Waals surface area contributed by atoms with Gasteiger partial charge in [0.2, 0.25) is 11.1 Å². The smallest absolute Gasteiger partial charge is 0.240 e. The molecular formula is C19H20N4OS. The molecule has 128 valence electrons. The van der Waals surface area contributed by atoms with Crippen molar-refractivity contribution in [3.63, 3.8) is 0 Å². The molecule has 3 rings (SSSR count). The summed E-state index contributed by atoms with van der Waals surface area (Å²) in [5, 5.41) is 7.42. The topological polar surface area (TPSA) is 61.9 Å². The van der Waals surface area contributed by atoms with Gasteiger partial charge in [-0.05, 0) is 12.5 Å². The lowest BCUT2D eigenvalue weighted by molar-refractivity contribution is -0.128. The van der Waals surface area contributed by atoms with Crippen LogP contribution in [-0.4, -0.2) is 40.1 Å². The molecule has 6 heteroatoms. The molecule has 0 aliphatic carbocycles. The average molecular weight is 352 g/mol. The van der Waals surface area contributed by atoms with E-state index in [1.54, 1.807) is 19.0 Å². The fourth-order valence-electron chi connectivity index (χ4n) is 2.37. The monoisotopic (exact) mass is 352 g/mol. The molecule has 0 fully saturated rings. The summed E-state index contributed by atoms with van der Waals surface area (Å²) in [6.45, 7) is 2.04. The highest BCUT2D eigenvalue weighted by Gasteiger charge is 2.25. The van der Waals surface area contributed by atoms with Crippen molar-refractivity contribution < 1.29 is 4.79 Å². The van der Waals surface area contributed by atoms with E-state index in [9.17, 15) is 4.79 Å². The number of amides is 1. The lowest BCUT2D eigenvalue weighted by atomic mass is 10.1. The van der Waals surface area contributed by atoms with E-state index >= 15 is 0 Å². The number of aromatic nitrogens is 3. The molecule has 1 aromatic heterocycles. The van der Waals surface area contributed by atoms with Gasteiger partial charge < -0.3 is 4.90 Å². The van der Waals surface area contributed by atoms with Crippen LogP contribution < -0.4 is 0 Å². The third-order valence-corrected chi connectivity index (χ3v) is 4.88. The number of hydrogen-bond acceptors (Lipinski definition) is 4. The number of rotatable bonds is 5. The van der Waals surface area contributed by atoms with Gasteiger partial charge in [0.1, 0.15) is 5.25 Å². The Balaban J connectivity index is 1.85. The molecule has 0 bridgehead atoms. The van der Waals surface area contributed by atoms with Crippen LogP contribution in [-0.2, 0) is 4.79 Å². The summed E-state index contributed by atoms with van der Waals surface area (Å²) in [4.78, 5) is 18.7. The van der Waals surface area contributed by atoms with E-state index in [1.807, 2.05) is 61.5 Å². The van der Waals surface area contributed by atoms with Crippen molar-refractivity contribution in [1.29, 1.82) is 0 Å². The van der Waals surface area contributed by atoms with E-state index in [1.165, 1.54) is 17.3 Å². The number of hydrogen-bond donors (Lipinski definition) is 1. The SMILES string of the molecule is Cc1ccc(-c2nc(SC(C(=O)N(C)C)c3ccccc3)n[nH]2)cc1. The molecular weight excluding hydrogens is 332 g/mol. The highest BCUT2D eigenvalue weighted by molar-refractivity contribution is 8.00. The fourth-order valence-corrected chi connectivity index (χ4v) is 3.43. The Bertz CT molecular complexity index is 843. The predicted octanol–water partition coefficient (Wildman–Crippen LogP) is 3.70. The van der Waals surface area contributed by atoms with E-state index in [2.05, 4.69) is 15.2 Å². The van der Waals surface area contributed by atoms with Gasteiger partial charge in [-0.3, -0.25) is 9.89 Å². The number of benzene rings is 2. The lowest BCUT2D eigenvalue weighted by Gasteiger charge is -2.19. The highest BCUT2D eigenvalue weighted by atomic mass is 32.2. The van der Waals surface area contributed by atoms with Gasteiger partial charge in [0, 0.05) is 19.7 Å². The first-order valence-corrected chi connectivity index (χ1v) is 8.85. The van der Waals surface area contributed by atoms with E-state index in [-0.39, 0.29) is 11.2 Å². The molecule has 25 heavy (non-hydrogen) atoms. The Labute approximate surface area is 151 Å². The standard InChI is InChI=1S/C19H20N4OS/c1-13-9-11-15(12-10-13)17-20-19(22-21-17)25-16(18(24)23(2)3)14-7-5-4-6-8-14/h4-12,16H,1-3H3,(H,20,21,22). The molecule has 1 atom stereocenters. The van der Waals surface area contributed by atoms with Gasteiger partial charge in [-0.2, -0.15) is 0 Å². The van der Waals surface area contributed by atoms with Gasteiger partial charge in [0.05, 0.1) is 0 Å². The molecule has 1 amide bonds. The van der Waals surface area contributed by atoms with Crippen molar-refractivity contribution >= 4 is 17.7 Å². The molecule has 1 unspecified atom stereocenters. The molecule has 0 saturated heterocycles. The molecule has 3 aromatic rings. The van der Waals surface area contributed by atoms with Crippen molar-refractivity contribution in [3.05, 3.63) is 65.7 Å². The molecule has 1 N–H and O–H groups in total. The van der Waals surface area contributed by atoms with Crippen LogP contribution in [0.4, 0.5) is 0 Å². The molecule has 0 saturated carbocycles. The molecule has 1 heterocycles. The van der Waals surface area contributed by atoms with Gasteiger partial charge in [0.25, 0.3) is 0 Å². The largest absolute Gasteiger partial charge is 0.348 e. The number of likely N-dealkylation sites (N-methyl/N-ethyl adjacent to an activating group) is 1. The average Bonchev–Trinajstić information content (AvgIpc) is 3.09. The lowest BCUT2D eigenvalue weighted by Crippen LogP contribution is -2.26. The summed E-state index contributed by atoms with van der Waals surface area (Å²) < 4.78 is 0. The Morgan fingerprint density at radius 1 is 1.08 bits per heavy atom. The Morgan fingerprint density at radius 3 is 2.40 bits per heavy atom. The normalized spacial score (nSPS) is 12.0. The van der Waals surface area contributed by atoms with Crippen molar-refractivity contribution in [2.75, 3.05) is 14.1 Å². The van der Waals surface area contributed by atoms with Crippen LogP contribution in [0.2, 0.25) is 0 Å². The van der Waals surface area contributed by atoms with Crippen LogP contribution >= 0.6 is 11.8 Å². The van der Waals surface area contributed by atoms with Crippen LogP contribution in [0.1, 0.15) is 16.4 Å². The number of thioether (sulfide) groups is 1. The number of aryl methyl sites for hydroxylation is 1. The van der Waals surface area contributed by atoms with Crippen molar-refractivity contribution in [2.45, 2.75) is 17.3 Å². The number of carbonyl (C=O) groups is 1. The van der Waals surface area contributed by atoms with Gasteiger partial charge in [-0.25, -0.2) is 4.98 Å². The number of carbonyl (C=O) groups excluding carboxylic acids is 1. The van der Waals surface area contributed by atoms with E-state index in [0.29, 0.717) is 11.0 Å². The quantitative estimate of drug-likeness (QED) is 0.711. The maximum atomic E-state index is 12.6. The number of nitrogens with zero attached hydrogens (tertiary/aromatic N) is 3. The summed E-state index contributed by atoms with van der Waals surface area (Å²) in [6.07, 6.45) is 0. The number of aromatic amines is 1. The zero-order valence-corrected chi connectivity index (χ0v) is 15.2. The van der Waals surface area contributed by atoms with Crippen LogP contribution in [0.15, 0.2) is 59.8 Å². The summed E-state index contributed by atoms with van der Waals surface area (Å²) in [5.74, 6) is 0.712. The second-order valence-corrected chi connectivity index (χ2v) is 7.05. The van der Waals surface area contributed by atoms with Crippen molar-refractivity contribution in [1.82, 2.24) is 20.1 Å². The van der Waals surface area contributed by atoms with Crippen LogP contribution in [0.5, 0.6) is 0 Å². The maximum Gasteiger partial charge on any atom is 0.240 e. The van der Waals surface area contributed by atoms with Crippen LogP contribution in [0.3, 0.4) is 0 Å². The zero-order valence-electron chi connectivity index (χ0n) is 14.4. The van der Waals surface area contributed by atoms with Crippen LogP contribution in [0, 0.1) is 6.92 Å². The van der Waals surface area contributed by atoms with Gasteiger partial charge in [0.15, 0.2) is 5.82 Å². The number of H-pyrrole nitrogens is 1. The maximum absolute atomic E-state index is 12.6. The summed E-state index contributed by atoms with van der Waals surface area (Å²) in [7, 11) is 3.52. The molecule has 0 spiro atoms. The first-order chi connectivity index (χ1) is 12.0. The van der Waals surface area contributed by atoms with Gasteiger partial charge in [-0.1, -0.05) is 71.9 Å². The van der Waals surface area contributed by atoms with Crippen molar-refractivity contribution in [3.8, 4) is 11.4 Å². The minimum Gasteiger partial charge on any atom is -0.348 e. The highest BCUT2D eigenvalue weighted by Crippen LogP contribution is 2.35. The minimum absolute atomic E-state index is 0.0119. The minimum atomic E-state index is -0.377. The summed E-state index contributed by atoms with van der Waals surface area (Å²) >= 11 is 1.35. The summed E-state index contributed by atoms with van der Waals surface area (Å²) in [5.41, 5.74) is 3.10. The van der Waals surface area contributed by atoms with Crippen LogP contribution in [0.25, 0.3) is 11.4 Å². The second-order valence-electron chi connectivity index (χ2n) is 5.97. The van der Waals surface area contributed by atoms with E-state index < -0.39 is 0 Å². The fraction of sp³-hybridized carbons (Fsp3) is 0.211. The van der Waals surface area contributed by atoms with Gasteiger partial charge >= 0.3 is 0 Å². The molecule has 0 aliphatic rings. The van der Waals surface area contributed by atoms with Gasteiger partial charge in [-0.15, -0.1) is 5.10 Å². The van der Waals surface area contributed by atoms with Crippen molar-refractivity contribution in [2.24, 2.45) is 0 Å². The third-order valence-electron chi connectivity index (χ3n) is 3.78. The number of nitrogens with one attached hydrogen (secondary N) is 1.